The lowest BCUT2D eigenvalue weighted by Gasteiger charge is -2.36. The molecule has 0 aromatic heterocycles. The van der Waals surface area contributed by atoms with E-state index in [2.05, 4.69) is 11.9 Å². The second-order valence-electron chi connectivity index (χ2n) is 5.74. The van der Waals surface area contributed by atoms with Crippen LogP contribution in [0.4, 0.5) is 0 Å². The maximum Gasteiger partial charge on any atom is 0.0622 e. The molecule has 100 valence electrons. The Morgan fingerprint density at radius 3 is 2.41 bits per heavy atom. The van der Waals surface area contributed by atoms with Crippen molar-refractivity contribution < 1.29 is 4.74 Å². The molecule has 3 nitrogen and oxygen atoms in total. The Morgan fingerprint density at radius 1 is 1.18 bits per heavy atom. The van der Waals surface area contributed by atoms with Gasteiger partial charge < -0.3 is 10.5 Å². The molecule has 1 heterocycles. The Bertz CT molecular complexity index is 206. The smallest absolute Gasteiger partial charge is 0.0622 e. The molecule has 0 radical (unpaired) electrons. The summed E-state index contributed by atoms with van der Waals surface area (Å²) >= 11 is 0. The summed E-state index contributed by atoms with van der Waals surface area (Å²) in [5.74, 6) is 0.813. The van der Waals surface area contributed by atoms with Gasteiger partial charge in [-0.3, -0.25) is 4.90 Å². The molecule has 2 aliphatic rings. The number of nitrogens with zero attached hydrogens (tertiary/aromatic N) is 1. The number of rotatable bonds is 4. The minimum absolute atomic E-state index is 0.569. The van der Waals surface area contributed by atoms with Crippen LogP contribution in [-0.4, -0.2) is 43.8 Å². The van der Waals surface area contributed by atoms with Gasteiger partial charge in [0.05, 0.1) is 6.61 Å². The van der Waals surface area contributed by atoms with Gasteiger partial charge in [-0.2, -0.15) is 0 Å². The first-order valence-electron chi connectivity index (χ1n) is 7.32. The third kappa shape index (κ3) is 3.43. The van der Waals surface area contributed by atoms with Crippen LogP contribution in [-0.2, 0) is 4.74 Å². The highest BCUT2D eigenvalue weighted by Crippen LogP contribution is 2.29. The molecule has 0 spiro atoms. The lowest BCUT2D eigenvalue weighted by molar-refractivity contribution is 0.100. The third-order valence-corrected chi connectivity index (χ3v) is 4.69. The minimum atomic E-state index is 0.569. The van der Waals surface area contributed by atoms with E-state index in [9.17, 15) is 0 Å². The monoisotopic (exact) mass is 240 g/mol. The first-order valence-corrected chi connectivity index (χ1v) is 7.32. The van der Waals surface area contributed by atoms with E-state index in [0.29, 0.717) is 12.1 Å². The van der Waals surface area contributed by atoms with Crippen LogP contribution >= 0.6 is 0 Å². The van der Waals surface area contributed by atoms with Crippen LogP contribution in [0.1, 0.15) is 44.9 Å². The molecule has 2 unspecified atom stereocenters. The van der Waals surface area contributed by atoms with E-state index in [1.54, 1.807) is 0 Å². The summed E-state index contributed by atoms with van der Waals surface area (Å²) < 4.78 is 5.50. The molecule has 0 amide bonds. The van der Waals surface area contributed by atoms with Crippen LogP contribution in [0.3, 0.4) is 0 Å². The van der Waals surface area contributed by atoms with Gasteiger partial charge in [-0.1, -0.05) is 25.7 Å². The molecular formula is C14H28N2O. The van der Waals surface area contributed by atoms with Crippen molar-refractivity contribution in [2.75, 3.05) is 26.8 Å². The van der Waals surface area contributed by atoms with E-state index in [1.165, 1.54) is 44.9 Å². The molecule has 0 aromatic carbocycles. The Kier molecular flexibility index (Phi) is 5.26. The van der Waals surface area contributed by atoms with Gasteiger partial charge in [0.2, 0.25) is 0 Å². The largest absolute Gasteiger partial charge is 0.380 e. The maximum atomic E-state index is 6.04. The van der Waals surface area contributed by atoms with Crippen molar-refractivity contribution in [1.29, 1.82) is 0 Å². The summed E-state index contributed by atoms with van der Waals surface area (Å²) in [6.45, 7) is 2.63. The van der Waals surface area contributed by atoms with Crippen LogP contribution in [0.5, 0.6) is 0 Å². The zero-order valence-electron chi connectivity index (χ0n) is 11.2. The Morgan fingerprint density at radius 2 is 1.88 bits per heavy atom. The SMILES string of the molecule is CN(C1CCOC1)C(CN)C1CCCCCC1. The van der Waals surface area contributed by atoms with Crippen molar-refractivity contribution in [2.45, 2.75) is 57.0 Å². The highest BCUT2D eigenvalue weighted by molar-refractivity contribution is 4.85. The summed E-state index contributed by atoms with van der Waals surface area (Å²) in [6.07, 6.45) is 9.57. The Labute approximate surface area is 106 Å². The van der Waals surface area contributed by atoms with Crippen molar-refractivity contribution in [1.82, 2.24) is 4.90 Å². The number of ether oxygens (including phenoxy) is 1. The van der Waals surface area contributed by atoms with Crippen LogP contribution in [0.15, 0.2) is 0 Å². The summed E-state index contributed by atoms with van der Waals surface area (Å²) in [6, 6.07) is 1.17. The summed E-state index contributed by atoms with van der Waals surface area (Å²) in [4.78, 5) is 2.52. The summed E-state index contributed by atoms with van der Waals surface area (Å²) in [7, 11) is 2.25. The van der Waals surface area contributed by atoms with Crippen LogP contribution in [0.2, 0.25) is 0 Å². The molecule has 3 heteroatoms. The topological polar surface area (TPSA) is 38.5 Å². The van der Waals surface area contributed by atoms with Crippen molar-refractivity contribution in [3.05, 3.63) is 0 Å². The van der Waals surface area contributed by atoms with Gasteiger partial charge in [0.1, 0.15) is 0 Å². The van der Waals surface area contributed by atoms with Crippen LogP contribution < -0.4 is 5.73 Å². The van der Waals surface area contributed by atoms with Crippen molar-refractivity contribution in [3.63, 3.8) is 0 Å². The van der Waals surface area contributed by atoms with Crippen LogP contribution in [0.25, 0.3) is 0 Å². The molecule has 1 aliphatic carbocycles. The second-order valence-corrected chi connectivity index (χ2v) is 5.74. The van der Waals surface area contributed by atoms with E-state index in [0.717, 1.165) is 25.7 Å². The fourth-order valence-corrected chi connectivity index (χ4v) is 3.50. The standard InChI is InChI=1S/C14H28N2O/c1-16(13-8-9-17-11-13)14(10-15)12-6-4-2-3-5-7-12/h12-14H,2-11,15H2,1H3. The van der Waals surface area contributed by atoms with Crippen molar-refractivity contribution >= 4 is 0 Å². The number of hydrogen-bond donors (Lipinski definition) is 1. The number of nitrogens with two attached hydrogens (primary N) is 1. The predicted molar refractivity (Wildman–Crippen MR) is 71.0 cm³/mol. The zero-order valence-corrected chi connectivity index (χ0v) is 11.2. The highest BCUT2D eigenvalue weighted by atomic mass is 16.5. The molecule has 2 rings (SSSR count). The first kappa shape index (κ1) is 13.3. The number of likely N-dealkylation sites (N-methyl/N-ethyl adjacent to an activating group) is 1. The molecular weight excluding hydrogens is 212 g/mol. The Hall–Kier alpha value is -0.120. The van der Waals surface area contributed by atoms with Gasteiger partial charge in [0, 0.05) is 25.2 Å². The third-order valence-electron chi connectivity index (χ3n) is 4.69. The van der Waals surface area contributed by atoms with Crippen LogP contribution in [0, 0.1) is 5.92 Å². The normalized spacial score (nSPS) is 29.5. The van der Waals surface area contributed by atoms with Gasteiger partial charge in [-0.25, -0.2) is 0 Å². The average molecular weight is 240 g/mol. The molecule has 2 N–H and O–H groups in total. The quantitative estimate of drug-likeness (QED) is 0.764. The number of hydrogen-bond acceptors (Lipinski definition) is 3. The first-order chi connectivity index (χ1) is 8.33. The molecule has 1 saturated carbocycles. The summed E-state index contributed by atoms with van der Waals surface area (Å²) in [5.41, 5.74) is 6.04. The highest BCUT2D eigenvalue weighted by Gasteiger charge is 2.30. The molecule has 0 bridgehead atoms. The molecule has 2 atom stereocenters. The summed E-state index contributed by atoms with van der Waals surface area (Å²) in [5, 5.41) is 0. The molecule has 2 fully saturated rings. The van der Waals surface area contributed by atoms with E-state index in [-0.39, 0.29) is 0 Å². The molecule has 0 aromatic rings. The fourth-order valence-electron chi connectivity index (χ4n) is 3.50. The van der Waals surface area contributed by atoms with Gasteiger partial charge in [-0.15, -0.1) is 0 Å². The molecule has 17 heavy (non-hydrogen) atoms. The van der Waals surface area contributed by atoms with E-state index in [4.69, 9.17) is 10.5 Å². The lowest BCUT2D eigenvalue weighted by Crippen LogP contribution is -2.48. The van der Waals surface area contributed by atoms with Gasteiger partial charge in [0.15, 0.2) is 0 Å². The maximum absolute atomic E-state index is 6.04. The van der Waals surface area contributed by atoms with E-state index >= 15 is 0 Å². The minimum Gasteiger partial charge on any atom is -0.380 e. The average Bonchev–Trinajstić information content (AvgIpc) is 2.75. The zero-order chi connectivity index (χ0) is 12.1. The van der Waals surface area contributed by atoms with Crippen molar-refractivity contribution in [3.8, 4) is 0 Å². The Balaban J connectivity index is 1.92. The van der Waals surface area contributed by atoms with Gasteiger partial charge in [-0.05, 0) is 32.2 Å². The van der Waals surface area contributed by atoms with E-state index < -0.39 is 0 Å². The predicted octanol–water partition coefficient (Wildman–Crippen LogP) is 2.00. The van der Waals surface area contributed by atoms with Gasteiger partial charge >= 0.3 is 0 Å². The second kappa shape index (κ2) is 6.72. The van der Waals surface area contributed by atoms with E-state index in [1.807, 2.05) is 0 Å². The van der Waals surface area contributed by atoms with Crippen molar-refractivity contribution in [2.24, 2.45) is 11.7 Å². The fraction of sp³-hybridized carbons (Fsp3) is 1.00. The molecule has 1 aliphatic heterocycles. The molecule has 1 saturated heterocycles. The van der Waals surface area contributed by atoms with Gasteiger partial charge in [0.25, 0.3) is 0 Å². The lowest BCUT2D eigenvalue weighted by atomic mass is 9.90.